The molecule has 152 valence electrons. The van der Waals surface area contributed by atoms with Gasteiger partial charge in [-0.2, -0.15) is 0 Å². The van der Waals surface area contributed by atoms with Crippen LogP contribution in [0.1, 0.15) is 16.8 Å². The molecule has 2 aromatic carbocycles. The lowest BCUT2D eigenvalue weighted by molar-refractivity contribution is -0.144. The molecule has 2 aromatic heterocycles. The van der Waals surface area contributed by atoms with Gasteiger partial charge in [-0.3, -0.25) is 9.78 Å². The highest BCUT2D eigenvalue weighted by Crippen LogP contribution is 2.26. The van der Waals surface area contributed by atoms with Gasteiger partial charge in [0.25, 0.3) is 0 Å². The minimum atomic E-state index is -0.316. The Kier molecular flexibility index (Phi) is 5.94. The number of rotatable bonds is 8. The summed E-state index contributed by atoms with van der Waals surface area (Å²) in [5, 5.41) is 0.877. The Morgan fingerprint density at radius 2 is 1.83 bits per heavy atom. The number of carbonyl (C=O) groups is 1. The summed E-state index contributed by atoms with van der Waals surface area (Å²) in [6.07, 6.45) is 3.46. The second kappa shape index (κ2) is 9.13. The van der Waals surface area contributed by atoms with Crippen molar-refractivity contribution in [2.24, 2.45) is 0 Å². The Hall–Kier alpha value is -3.80. The van der Waals surface area contributed by atoms with Crippen LogP contribution in [0, 0.1) is 0 Å². The van der Waals surface area contributed by atoms with E-state index in [4.69, 9.17) is 18.6 Å². The molecule has 0 unspecified atom stereocenters. The van der Waals surface area contributed by atoms with Crippen molar-refractivity contribution in [3.63, 3.8) is 0 Å². The maximum atomic E-state index is 12.3. The summed E-state index contributed by atoms with van der Waals surface area (Å²) in [6.45, 7) is 0.600. The molecule has 4 rings (SSSR count). The number of aromatic nitrogens is 1. The van der Waals surface area contributed by atoms with Crippen molar-refractivity contribution in [2.45, 2.75) is 19.6 Å². The fraction of sp³-hybridized carbons (Fsp3) is 0.167. The van der Waals surface area contributed by atoms with Gasteiger partial charge < -0.3 is 18.6 Å². The molecule has 6 heteroatoms. The number of methoxy groups -OCH3 is 1. The van der Waals surface area contributed by atoms with Gasteiger partial charge in [-0.1, -0.05) is 18.2 Å². The number of carbonyl (C=O) groups excluding carboxylic acids is 1. The predicted octanol–water partition coefficient (Wildman–Crippen LogP) is 4.70. The van der Waals surface area contributed by atoms with Crippen LogP contribution in [0.4, 0.5) is 0 Å². The van der Waals surface area contributed by atoms with E-state index in [1.165, 1.54) is 0 Å². The van der Waals surface area contributed by atoms with Gasteiger partial charge in [-0.15, -0.1) is 0 Å². The number of hydrogen-bond donors (Lipinski definition) is 0. The van der Waals surface area contributed by atoms with Gasteiger partial charge in [0.2, 0.25) is 0 Å². The highest BCUT2D eigenvalue weighted by molar-refractivity contribution is 5.86. The average molecular weight is 403 g/mol. The van der Waals surface area contributed by atoms with Crippen LogP contribution in [-0.4, -0.2) is 18.1 Å². The van der Waals surface area contributed by atoms with Gasteiger partial charge >= 0.3 is 5.97 Å². The molecule has 30 heavy (non-hydrogen) atoms. The number of benzene rings is 2. The molecule has 0 amide bonds. The molecule has 4 aromatic rings. The number of ether oxygens (including phenoxy) is 3. The minimum absolute atomic E-state index is 0.143. The van der Waals surface area contributed by atoms with Gasteiger partial charge in [0.1, 0.15) is 30.3 Å². The number of pyridine rings is 1. The van der Waals surface area contributed by atoms with E-state index in [1.54, 1.807) is 25.6 Å². The van der Waals surface area contributed by atoms with E-state index >= 15 is 0 Å². The lowest BCUT2D eigenvalue weighted by Crippen LogP contribution is -2.07. The Bertz CT molecular complexity index is 1120. The zero-order valence-electron chi connectivity index (χ0n) is 16.5. The third kappa shape index (κ3) is 4.78. The summed E-state index contributed by atoms with van der Waals surface area (Å²) >= 11 is 0. The zero-order chi connectivity index (χ0) is 20.8. The molecule has 0 fully saturated rings. The van der Waals surface area contributed by atoms with E-state index < -0.39 is 0 Å². The van der Waals surface area contributed by atoms with Crippen LogP contribution in [0.15, 0.2) is 77.5 Å². The number of fused-ring (bicyclic) bond motifs is 1. The van der Waals surface area contributed by atoms with Crippen LogP contribution in [0.3, 0.4) is 0 Å². The molecule has 0 spiro atoms. The molecule has 0 bridgehead atoms. The first-order valence-electron chi connectivity index (χ1n) is 9.52. The molecule has 0 atom stereocenters. The Morgan fingerprint density at radius 3 is 2.60 bits per heavy atom. The fourth-order valence-electron chi connectivity index (χ4n) is 3.02. The monoisotopic (exact) mass is 403 g/mol. The van der Waals surface area contributed by atoms with E-state index in [1.807, 2.05) is 54.6 Å². The van der Waals surface area contributed by atoms with Gasteiger partial charge in [0.05, 0.1) is 25.5 Å². The second-order valence-corrected chi connectivity index (χ2v) is 6.71. The summed E-state index contributed by atoms with van der Waals surface area (Å²) in [5.41, 5.74) is 3.21. The number of nitrogens with zero attached hydrogens (tertiary/aromatic N) is 1. The highest BCUT2D eigenvalue weighted by Gasteiger charge is 2.12. The van der Waals surface area contributed by atoms with Crippen molar-refractivity contribution in [2.75, 3.05) is 7.11 Å². The first-order chi connectivity index (χ1) is 14.7. The van der Waals surface area contributed by atoms with Crippen molar-refractivity contribution in [1.82, 2.24) is 4.98 Å². The van der Waals surface area contributed by atoms with Crippen molar-refractivity contribution < 1.29 is 23.4 Å². The number of hydrogen-bond acceptors (Lipinski definition) is 6. The van der Waals surface area contributed by atoms with Crippen molar-refractivity contribution in [1.29, 1.82) is 0 Å². The smallest absolute Gasteiger partial charge is 0.310 e. The maximum Gasteiger partial charge on any atom is 0.310 e. The predicted molar refractivity (Wildman–Crippen MR) is 111 cm³/mol. The van der Waals surface area contributed by atoms with Gasteiger partial charge in [-0.25, -0.2) is 0 Å². The van der Waals surface area contributed by atoms with Gasteiger partial charge in [0.15, 0.2) is 0 Å². The lowest BCUT2D eigenvalue weighted by atomic mass is 10.1. The van der Waals surface area contributed by atoms with Crippen LogP contribution in [0.5, 0.6) is 11.5 Å². The topological polar surface area (TPSA) is 70.8 Å². The fourth-order valence-corrected chi connectivity index (χ4v) is 3.02. The lowest BCUT2D eigenvalue weighted by Gasteiger charge is -2.08. The molecular weight excluding hydrogens is 382 g/mol. The third-order valence-electron chi connectivity index (χ3n) is 4.63. The van der Waals surface area contributed by atoms with Crippen LogP contribution in [-0.2, 0) is 29.2 Å². The Balaban J connectivity index is 1.28. The largest absolute Gasteiger partial charge is 0.497 e. The molecule has 0 aliphatic carbocycles. The van der Waals surface area contributed by atoms with Crippen molar-refractivity contribution in [3.05, 3.63) is 89.9 Å². The minimum Gasteiger partial charge on any atom is -0.497 e. The van der Waals surface area contributed by atoms with Crippen molar-refractivity contribution in [3.8, 4) is 11.5 Å². The van der Waals surface area contributed by atoms with E-state index in [-0.39, 0.29) is 19.0 Å². The van der Waals surface area contributed by atoms with Gasteiger partial charge in [-0.05, 0) is 42.0 Å². The molecular formula is C24H21NO5. The summed E-state index contributed by atoms with van der Waals surface area (Å²) in [6, 6.07) is 18.7. The van der Waals surface area contributed by atoms with Gasteiger partial charge in [0, 0.05) is 23.2 Å². The average Bonchev–Trinajstić information content (AvgIpc) is 3.19. The van der Waals surface area contributed by atoms with Crippen LogP contribution < -0.4 is 9.47 Å². The molecule has 0 saturated heterocycles. The van der Waals surface area contributed by atoms with Crippen LogP contribution in [0.2, 0.25) is 0 Å². The Morgan fingerprint density at radius 1 is 1.00 bits per heavy atom. The standard InChI is InChI=1S/C24H21NO5/c1-27-21-9-10-22-18(15-29-23(22)13-21)12-24(26)30-14-17-5-7-20(8-6-17)28-16-19-4-2-3-11-25-19/h2-11,13,15H,12,14,16H2,1H3. The van der Waals surface area contributed by atoms with Crippen LogP contribution >= 0.6 is 0 Å². The van der Waals surface area contributed by atoms with E-state index in [9.17, 15) is 4.79 Å². The molecule has 2 heterocycles. The quantitative estimate of drug-likeness (QED) is 0.397. The maximum absolute atomic E-state index is 12.3. The zero-order valence-corrected chi connectivity index (χ0v) is 16.5. The van der Waals surface area contributed by atoms with Crippen LogP contribution in [0.25, 0.3) is 11.0 Å². The van der Waals surface area contributed by atoms with E-state index in [0.717, 1.165) is 28.0 Å². The Labute approximate surface area is 174 Å². The molecule has 0 aliphatic rings. The summed E-state index contributed by atoms with van der Waals surface area (Å²) in [4.78, 5) is 16.5. The summed E-state index contributed by atoms with van der Waals surface area (Å²) < 4.78 is 21.8. The molecule has 6 nitrogen and oxygen atoms in total. The highest BCUT2D eigenvalue weighted by atomic mass is 16.5. The first-order valence-corrected chi connectivity index (χ1v) is 9.52. The normalized spacial score (nSPS) is 10.7. The SMILES string of the molecule is COc1ccc2c(CC(=O)OCc3ccc(OCc4ccccn4)cc3)coc2c1. The number of esters is 1. The summed E-state index contributed by atoms with van der Waals surface area (Å²) in [5.74, 6) is 1.12. The molecule has 0 N–H and O–H groups in total. The number of furan rings is 1. The first kappa shape index (κ1) is 19.5. The van der Waals surface area contributed by atoms with Crippen molar-refractivity contribution >= 4 is 16.9 Å². The van der Waals surface area contributed by atoms with E-state index in [2.05, 4.69) is 4.98 Å². The van der Waals surface area contributed by atoms with E-state index in [0.29, 0.717) is 17.9 Å². The molecule has 0 aliphatic heterocycles. The second-order valence-electron chi connectivity index (χ2n) is 6.71. The summed E-state index contributed by atoms with van der Waals surface area (Å²) in [7, 11) is 1.60. The molecule has 0 radical (unpaired) electrons. The molecule has 0 saturated carbocycles. The third-order valence-corrected chi connectivity index (χ3v) is 4.63.